The van der Waals surface area contributed by atoms with Gasteiger partial charge in [0.05, 0.1) is 5.01 Å². The molecule has 0 spiro atoms. The summed E-state index contributed by atoms with van der Waals surface area (Å²) in [6, 6.07) is 1.94. The van der Waals surface area contributed by atoms with E-state index in [1.807, 2.05) is 22.5 Å². The third-order valence-electron chi connectivity index (χ3n) is 5.66. The molecule has 2 N–H and O–H groups in total. The van der Waals surface area contributed by atoms with E-state index in [0.29, 0.717) is 31.9 Å². The van der Waals surface area contributed by atoms with Gasteiger partial charge in [0, 0.05) is 62.7 Å². The molecule has 0 radical (unpaired) electrons. The fourth-order valence-electron chi connectivity index (χ4n) is 3.82. The van der Waals surface area contributed by atoms with Gasteiger partial charge in [-0.3, -0.25) is 14.4 Å². The molecule has 0 bridgehead atoms. The molecule has 0 atom stereocenters. The van der Waals surface area contributed by atoms with Crippen LogP contribution in [-0.2, 0) is 27.2 Å². The summed E-state index contributed by atoms with van der Waals surface area (Å²) in [6.07, 6.45) is 12.3. The summed E-state index contributed by atoms with van der Waals surface area (Å²) in [4.78, 5) is 47.0. The minimum atomic E-state index is -0.230. The number of pyridine rings is 1. The molecule has 8 nitrogen and oxygen atoms in total. The fourth-order valence-corrected chi connectivity index (χ4v) is 4.49. The van der Waals surface area contributed by atoms with Gasteiger partial charge in [-0.2, -0.15) is 0 Å². The van der Waals surface area contributed by atoms with Gasteiger partial charge in [0.2, 0.25) is 17.7 Å². The van der Waals surface area contributed by atoms with Gasteiger partial charge in [0.15, 0.2) is 0 Å². The maximum Gasteiger partial charge on any atom is 0.246 e. The van der Waals surface area contributed by atoms with Gasteiger partial charge in [0.25, 0.3) is 0 Å². The van der Waals surface area contributed by atoms with Crippen LogP contribution >= 0.6 is 11.3 Å². The number of carbonyl (C=O) groups is 3. The van der Waals surface area contributed by atoms with Crippen molar-refractivity contribution >= 4 is 41.0 Å². The van der Waals surface area contributed by atoms with Gasteiger partial charge in [-0.05, 0) is 42.5 Å². The van der Waals surface area contributed by atoms with E-state index >= 15 is 0 Å². The van der Waals surface area contributed by atoms with E-state index in [-0.39, 0.29) is 30.6 Å². The highest BCUT2D eigenvalue weighted by Gasteiger charge is 2.16. The predicted molar refractivity (Wildman–Crippen MR) is 128 cm³/mol. The van der Waals surface area contributed by atoms with Crippen molar-refractivity contribution in [3.63, 3.8) is 0 Å². The number of rotatable bonds is 4. The second-order valence-electron chi connectivity index (χ2n) is 8.11. The van der Waals surface area contributed by atoms with E-state index in [2.05, 4.69) is 26.7 Å². The largest absolute Gasteiger partial charge is 0.356 e. The number of anilines is 1. The van der Waals surface area contributed by atoms with Crippen LogP contribution in [-0.4, -0.2) is 52.2 Å². The average molecular weight is 466 g/mol. The van der Waals surface area contributed by atoms with Crippen LogP contribution in [0.4, 0.5) is 5.82 Å². The number of aryl methyl sites for hydroxylation is 1. The van der Waals surface area contributed by atoms with Gasteiger partial charge < -0.3 is 15.5 Å². The van der Waals surface area contributed by atoms with Gasteiger partial charge in [-0.15, -0.1) is 11.3 Å². The van der Waals surface area contributed by atoms with Crippen molar-refractivity contribution in [2.75, 3.05) is 25.0 Å². The highest BCUT2D eigenvalue weighted by atomic mass is 32.1. The van der Waals surface area contributed by atoms with E-state index in [1.54, 1.807) is 29.7 Å². The van der Waals surface area contributed by atoms with E-state index in [0.717, 1.165) is 35.4 Å². The Hall–Kier alpha value is -3.33. The molecule has 2 aromatic heterocycles. The molecule has 2 aliphatic rings. The zero-order valence-corrected chi connectivity index (χ0v) is 19.2. The maximum absolute atomic E-state index is 12.7. The fraction of sp³-hybridized carbons (Fsp3) is 0.375. The molecule has 2 aliphatic heterocycles. The first-order valence-corrected chi connectivity index (χ1v) is 12.0. The summed E-state index contributed by atoms with van der Waals surface area (Å²) < 4.78 is 0. The molecule has 0 fully saturated rings. The van der Waals surface area contributed by atoms with E-state index < -0.39 is 0 Å². The van der Waals surface area contributed by atoms with E-state index in [4.69, 9.17) is 0 Å². The second kappa shape index (κ2) is 11.0. The summed E-state index contributed by atoms with van der Waals surface area (Å²) in [7, 11) is 0. The number of hydrogen-bond donors (Lipinski definition) is 2. The Morgan fingerprint density at radius 1 is 1.15 bits per heavy atom. The van der Waals surface area contributed by atoms with Crippen LogP contribution in [0.25, 0.3) is 6.08 Å². The quantitative estimate of drug-likeness (QED) is 0.534. The first-order valence-electron chi connectivity index (χ1n) is 11.2. The van der Waals surface area contributed by atoms with Crippen LogP contribution in [0.15, 0.2) is 41.6 Å². The Kier molecular flexibility index (Phi) is 7.62. The molecule has 2 aromatic rings. The lowest BCUT2D eigenvalue weighted by Gasteiger charge is -2.25. The minimum absolute atomic E-state index is 0.0351. The third-order valence-corrected chi connectivity index (χ3v) is 6.44. The lowest BCUT2D eigenvalue weighted by atomic mass is 10.0. The van der Waals surface area contributed by atoms with Crippen molar-refractivity contribution in [3.05, 3.63) is 57.7 Å². The molecule has 3 amide bonds. The molecule has 9 heteroatoms. The Morgan fingerprint density at radius 2 is 2.03 bits per heavy atom. The van der Waals surface area contributed by atoms with Crippen molar-refractivity contribution in [1.82, 2.24) is 20.2 Å². The van der Waals surface area contributed by atoms with Crippen molar-refractivity contribution in [1.29, 1.82) is 0 Å². The van der Waals surface area contributed by atoms with Crippen LogP contribution in [0, 0.1) is 0 Å². The van der Waals surface area contributed by atoms with Crippen molar-refractivity contribution in [3.8, 4) is 0 Å². The number of carbonyl (C=O) groups excluding carboxylic acids is 3. The van der Waals surface area contributed by atoms with Crippen molar-refractivity contribution < 1.29 is 14.4 Å². The Morgan fingerprint density at radius 3 is 2.82 bits per heavy atom. The normalized spacial score (nSPS) is 17.6. The zero-order valence-electron chi connectivity index (χ0n) is 18.4. The summed E-state index contributed by atoms with van der Waals surface area (Å²) in [5.41, 5.74) is 3.01. The van der Waals surface area contributed by atoms with Crippen molar-refractivity contribution in [2.45, 2.75) is 38.5 Å². The standard InChI is InChI=1S/C24H27N5O3S/c30-20-4-5-21(31)28-24-19(2-1-9-25-20)14-18(16-27-24)3-6-23(32)29-11-7-17(8-12-29)15-22-26-10-13-33-22/h3,6-7,10,13-14,16H,1-2,4-5,8-9,11-12,15H2,(H,25,30)(H,27,28,31). The average Bonchev–Trinajstić information content (AvgIpc) is 3.32. The SMILES string of the molecule is O=C1CCC(=O)Nc2ncc(C=CC(=O)N3CC=C(Cc4nccs4)CC3)cc2CCCN1. The first-order chi connectivity index (χ1) is 16.1. The molecular formula is C24H27N5O3S. The molecule has 0 aromatic carbocycles. The van der Waals surface area contributed by atoms with E-state index in [1.165, 1.54) is 5.57 Å². The number of hydrogen-bond acceptors (Lipinski definition) is 6. The number of thiazole rings is 1. The highest BCUT2D eigenvalue weighted by molar-refractivity contribution is 7.09. The molecule has 0 unspecified atom stereocenters. The number of amides is 3. The third kappa shape index (κ3) is 6.58. The van der Waals surface area contributed by atoms with Gasteiger partial charge >= 0.3 is 0 Å². The van der Waals surface area contributed by atoms with Gasteiger partial charge in [-0.25, -0.2) is 9.97 Å². The number of fused-ring (bicyclic) bond motifs is 1. The smallest absolute Gasteiger partial charge is 0.246 e. The molecule has 33 heavy (non-hydrogen) atoms. The van der Waals surface area contributed by atoms with Crippen LogP contribution in [0.5, 0.6) is 0 Å². The summed E-state index contributed by atoms with van der Waals surface area (Å²) in [5.74, 6) is 0.138. The Balaban J connectivity index is 1.38. The lowest BCUT2D eigenvalue weighted by Crippen LogP contribution is -2.33. The molecule has 0 aliphatic carbocycles. The molecule has 4 heterocycles. The molecule has 0 saturated heterocycles. The minimum Gasteiger partial charge on any atom is -0.356 e. The summed E-state index contributed by atoms with van der Waals surface area (Å²) >= 11 is 1.65. The first kappa shape index (κ1) is 22.8. The molecular weight excluding hydrogens is 438 g/mol. The van der Waals surface area contributed by atoms with Crippen LogP contribution < -0.4 is 10.6 Å². The van der Waals surface area contributed by atoms with Crippen LogP contribution in [0.1, 0.15) is 41.8 Å². The van der Waals surface area contributed by atoms with Gasteiger partial charge in [0.1, 0.15) is 5.82 Å². The van der Waals surface area contributed by atoms with Crippen molar-refractivity contribution in [2.24, 2.45) is 0 Å². The zero-order chi connectivity index (χ0) is 23.0. The number of aromatic nitrogens is 2. The molecule has 0 saturated carbocycles. The number of nitrogens with zero attached hydrogens (tertiary/aromatic N) is 3. The molecule has 172 valence electrons. The highest BCUT2D eigenvalue weighted by Crippen LogP contribution is 2.20. The Labute approximate surface area is 196 Å². The summed E-state index contributed by atoms with van der Waals surface area (Å²) in [5, 5.41) is 8.71. The maximum atomic E-state index is 12.7. The monoisotopic (exact) mass is 465 g/mol. The second-order valence-corrected chi connectivity index (χ2v) is 9.09. The molecule has 4 rings (SSSR count). The predicted octanol–water partition coefficient (Wildman–Crippen LogP) is 2.73. The van der Waals surface area contributed by atoms with Crippen LogP contribution in [0.3, 0.4) is 0 Å². The Bertz CT molecular complexity index is 1080. The van der Waals surface area contributed by atoms with E-state index in [9.17, 15) is 14.4 Å². The topological polar surface area (TPSA) is 104 Å². The number of nitrogens with one attached hydrogen (secondary N) is 2. The lowest BCUT2D eigenvalue weighted by molar-refractivity contribution is -0.125. The van der Waals surface area contributed by atoms with Crippen LogP contribution in [0.2, 0.25) is 0 Å². The van der Waals surface area contributed by atoms with Gasteiger partial charge in [-0.1, -0.05) is 11.6 Å². The summed E-state index contributed by atoms with van der Waals surface area (Å²) in [6.45, 7) is 1.85.